The second kappa shape index (κ2) is 18.3. The molecular formula is C35H58BrN3O8. The molecule has 3 aliphatic rings. The number of carbonyl (C=O) groups excluding carboxylic acids is 6. The SMILES string of the molecule is CC(=O)[C@H]1CCN(C(=O)OC(C)(C)C)C[C@@H]1CC(=O)CCCCBr.CC(=O)[C@H]1CCN(C(=O)OC(C)(C)C)C[C@@H]1N1CCCCC1=O. The van der Waals surface area contributed by atoms with E-state index in [4.69, 9.17) is 9.47 Å². The number of ketones is 3. The third-order valence-corrected chi connectivity index (χ3v) is 9.31. The molecule has 3 heterocycles. The molecule has 0 unspecified atom stereocenters. The molecule has 4 atom stereocenters. The fourth-order valence-electron chi connectivity index (χ4n) is 6.47. The van der Waals surface area contributed by atoms with E-state index >= 15 is 0 Å². The number of nitrogens with zero attached hydrogens (tertiary/aromatic N) is 3. The zero-order valence-corrected chi connectivity index (χ0v) is 31.5. The molecule has 0 radical (unpaired) electrons. The number of piperidine rings is 3. The maximum Gasteiger partial charge on any atom is 0.410 e. The van der Waals surface area contributed by atoms with Gasteiger partial charge in [0.1, 0.15) is 28.6 Å². The summed E-state index contributed by atoms with van der Waals surface area (Å²) in [5.74, 6) is 0.0610. The molecule has 0 saturated carbocycles. The zero-order valence-electron chi connectivity index (χ0n) is 29.9. The first kappa shape index (κ1) is 40.7. The van der Waals surface area contributed by atoms with Gasteiger partial charge in [-0.2, -0.15) is 0 Å². The van der Waals surface area contributed by atoms with Crippen molar-refractivity contribution >= 4 is 51.4 Å². The van der Waals surface area contributed by atoms with Crippen molar-refractivity contribution < 1.29 is 38.2 Å². The number of likely N-dealkylation sites (tertiary alicyclic amines) is 3. The molecule has 0 spiro atoms. The first-order valence-corrected chi connectivity index (χ1v) is 18.3. The van der Waals surface area contributed by atoms with Crippen molar-refractivity contribution in [2.45, 2.75) is 130 Å². The van der Waals surface area contributed by atoms with Crippen LogP contribution in [0.4, 0.5) is 9.59 Å². The lowest BCUT2D eigenvalue weighted by Gasteiger charge is -2.44. The predicted octanol–water partition coefficient (Wildman–Crippen LogP) is 6.19. The van der Waals surface area contributed by atoms with Gasteiger partial charge in [-0.05, 0) is 99.8 Å². The van der Waals surface area contributed by atoms with Crippen LogP contribution in [-0.4, -0.2) is 105 Å². The van der Waals surface area contributed by atoms with Crippen molar-refractivity contribution in [2.75, 3.05) is 38.1 Å². The van der Waals surface area contributed by atoms with Crippen LogP contribution in [0.3, 0.4) is 0 Å². The van der Waals surface area contributed by atoms with E-state index in [9.17, 15) is 28.8 Å². The predicted molar refractivity (Wildman–Crippen MR) is 183 cm³/mol. The topological polar surface area (TPSA) is 131 Å². The van der Waals surface area contributed by atoms with Crippen LogP contribution < -0.4 is 0 Å². The van der Waals surface area contributed by atoms with Crippen molar-refractivity contribution in [2.24, 2.45) is 17.8 Å². The summed E-state index contributed by atoms with van der Waals surface area (Å²) in [7, 11) is 0. The minimum absolute atomic E-state index is 0.0946. The Labute approximate surface area is 289 Å². The highest BCUT2D eigenvalue weighted by Crippen LogP contribution is 2.30. The van der Waals surface area contributed by atoms with Crippen molar-refractivity contribution in [1.82, 2.24) is 14.7 Å². The quantitative estimate of drug-likeness (QED) is 0.203. The summed E-state index contributed by atoms with van der Waals surface area (Å²) in [5, 5.41) is 0.895. The van der Waals surface area contributed by atoms with E-state index in [1.165, 1.54) is 0 Å². The molecule has 0 aromatic rings. The molecule has 0 N–H and O–H groups in total. The Balaban J connectivity index is 0.000000327. The number of hydrogen-bond donors (Lipinski definition) is 0. The average Bonchev–Trinajstić information content (AvgIpc) is 2.95. The van der Waals surface area contributed by atoms with E-state index in [1.54, 1.807) is 23.6 Å². The van der Waals surface area contributed by atoms with Crippen LogP contribution in [0.15, 0.2) is 0 Å². The lowest BCUT2D eigenvalue weighted by Crippen LogP contribution is -2.58. The monoisotopic (exact) mass is 727 g/mol. The van der Waals surface area contributed by atoms with Crippen LogP contribution in [0.2, 0.25) is 0 Å². The summed E-state index contributed by atoms with van der Waals surface area (Å²) < 4.78 is 10.9. The van der Waals surface area contributed by atoms with Gasteiger partial charge in [0.05, 0.1) is 6.04 Å². The Bertz CT molecular complexity index is 1120. The van der Waals surface area contributed by atoms with Crippen LogP contribution in [0.5, 0.6) is 0 Å². The number of Topliss-reactive ketones (excluding diaryl/α,β-unsaturated/α-hetero) is 3. The summed E-state index contributed by atoms with van der Waals surface area (Å²) in [6, 6.07) is -0.221. The van der Waals surface area contributed by atoms with Crippen molar-refractivity contribution in [3.8, 4) is 0 Å². The van der Waals surface area contributed by atoms with E-state index in [2.05, 4.69) is 15.9 Å². The molecule has 3 aliphatic heterocycles. The van der Waals surface area contributed by atoms with Crippen LogP contribution in [-0.2, 0) is 28.7 Å². The van der Waals surface area contributed by atoms with Gasteiger partial charge in [0.2, 0.25) is 5.91 Å². The standard InChI is InChI=1S/C18H30BrNO4.C17H28N2O4/c1-13(21)16-8-10-20(17(23)24-18(2,3)4)12-14(16)11-15(22)7-5-6-9-19;1-12(20)13-8-10-18(16(22)23-17(2,3)4)11-14(13)19-9-6-5-7-15(19)21/h14,16H,5-12H2,1-4H3;13-14H,5-11H2,1-4H3/t14-,16+;13-,14+/m01/s1. The van der Waals surface area contributed by atoms with Crippen LogP contribution >= 0.6 is 15.9 Å². The summed E-state index contributed by atoms with van der Waals surface area (Å²) >= 11 is 3.36. The Kier molecular flexibility index (Phi) is 15.8. The van der Waals surface area contributed by atoms with Crippen molar-refractivity contribution in [1.29, 1.82) is 0 Å². The van der Waals surface area contributed by atoms with Crippen molar-refractivity contribution in [3.63, 3.8) is 0 Å². The van der Waals surface area contributed by atoms with E-state index in [0.29, 0.717) is 64.8 Å². The number of halogens is 1. The van der Waals surface area contributed by atoms with E-state index < -0.39 is 11.2 Å². The number of unbranched alkanes of at least 4 members (excludes halogenated alkanes) is 1. The highest BCUT2D eigenvalue weighted by Gasteiger charge is 2.41. The van der Waals surface area contributed by atoms with Crippen LogP contribution in [0, 0.1) is 17.8 Å². The Morgan fingerprint density at radius 2 is 1.30 bits per heavy atom. The van der Waals surface area contributed by atoms with Gasteiger partial charge in [-0.3, -0.25) is 19.2 Å². The Hall–Kier alpha value is -2.50. The van der Waals surface area contributed by atoms with Gasteiger partial charge in [0, 0.05) is 69.2 Å². The minimum atomic E-state index is -0.551. The lowest BCUT2D eigenvalue weighted by atomic mass is 9.79. The van der Waals surface area contributed by atoms with Gasteiger partial charge < -0.3 is 24.2 Å². The molecule has 3 amide bonds. The maximum absolute atomic E-state index is 12.3. The molecule has 3 saturated heterocycles. The molecule has 0 bridgehead atoms. The van der Waals surface area contributed by atoms with Crippen molar-refractivity contribution in [3.05, 3.63) is 0 Å². The van der Waals surface area contributed by atoms with Gasteiger partial charge in [-0.1, -0.05) is 15.9 Å². The first-order chi connectivity index (χ1) is 21.8. The largest absolute Gasteiger partial charge is 0.444 e. The fraction of sp³-hybridized carbons (Fsp3) is 0.829. The molecule has 0 aromatic carbocycles. The molecule has 268 valence electrons. The Morgan fingerprint density at radius 3 is 1.79 bits per heavy atom. The number of rotatable bonds is 9. The minimum Gasteiger partial charge on any atom is -0.444 e. The van der Waals surface area contributed by atoms with Gasteiger partial charge >= 0.3 is 12.2 Å². The Morgan fingerprint density at radius 1 is 0.766 bits per heavy atom. The van der Waals surface area contributed by atoms with Gasteiger partial charge in [0.25, 0.3) is 0 Å². The molecule has 0 aliphatic carbocycles. The number of ether oxygens (including phenoxy) is 2. The second-order valence-corrected chi connectivity index (χ2v) is 15.9. The molecule has 11 nitrogen and oxygen atoms in total. The summed E-state index contributed by atoms with van der Waals surface area (Å²) in [5.41, 5.74) is -1.10. The molecular weight excluding hydrogens is 670 g/mol. The number of amides is 3. The molecule has 3 rings (SSSR count). The highest BCUT2D eigenvalue weighted by atomic mass is 79.9. The summed E-state index contributed by atoms with van der Waals surface area (Å²) in [6.45, 7) is 16.6. The van der Waals surface area contributed by atoms with E-state index in [0.717, 1.165) is 31.0 Å². The second-order valence-electron chi connectivity index (χ2n) is 15.1. The van der Waals surface area contributed by atoms with Crippen LogP contribution in [0.1, 0.15) is 113 Å². The molecule has 47 heavy (non-hydrogen) atoms. The number of hydrogen-bond acceptors (Lipinski definition) is 8. The van der Waals surface area contributed by atoms with Gasteiger partial charge in [-0.15, -0.1) is 0 Å². The first-order valence-electron chi connectivity index (χ1n) is 17.2. The molecule has 12 heteroatoms. The lowest BCUT2D eigenvalue weighted by molar-refractivity contribution is -0.141. The van der Waals surface area contributed by atoms with E-state index in [1.807, 2.05) is 46.4 Å². The van der Waals surface area contributed by atoms with E-state index in [-0.39, 0.29) is 59.2 Å². The smallest absolute Gasteiger partial charge is 0.410 e. The fourth-order valence-corrected chi connectivity index (χ4v) is 6.87. The summed E-state index contributed by atoms with van der Waals surface area (Å²) in [6.07, 6.45) is 5.60. The summed E-state index contributed by atoms with van der Waals surface area (Å²) in [4.78, 5) is 78.0. The van der Waals surface area contributed by atoms with Crippen LogP contribution in [0.25, 0.3) is 0 Å². The molecule has 0 aromatic heterocycles. The average molecular weight is 729 g/mol. The third kappa shape index (κ3) is 13.9. The highest BCUT2D eigenvalue weighted by molar-refractivity contribution is 9.09. The zero-order chi connectivity index (χ0) is 35.5. The number of alkyl halides is 1. The molecule has 3 fully saturated rings. The normalized spacial score (nSPS) is 23.8. The third-order valence-electron chi connectivity index (χ3n) is 8.75. The van der Waals surface area contributed by atoms with Gasteiger partial charge in [0.15, 0.2) is 0 Å². The maximum atomic E-state index is 12.3. The number of carbonyl (C=O) groups is 6. The van der Waals surface area contributed by atoms with Gasteiger partial charge in [-0.25, -0.2) is 9.59 Å².